The van der Waals surface area contributed by atoms with Gasteiger partial charge in [-0.2, -0.15) is 0 Å². The number of anilines is 1. The zero-order valence-electron chi connectivity index (χ0n) is 11.0. The van der Waals surface area contributed by atoms with Crippen LogP contribution >= 0.6 is 0 Å². The number of rotatable bonds is 6. The van der Waals surface area contributed by atoms with E-state index in [2.05, 4.69) is 25.7 Å². The summed E-state index contributed by atoms with van der Waals surface area (Å²) < 4.78 is 13.2. The standard InChI is InChI=1S/C14H23FN2/c1-4-11(3)14(16)10-17(5-2)13-8-6-7-12(15)9-13/h6-9,11,14H,4-5,10,16H2,1-3H3. The molecule has 96 valence electrons. The Hall–Kier alpha value is -1.09. The van der Waals surface area contributed by atoms with Gasteiger partial charge in [0.25, 0.3) is 0 Å². The molecule has 3 heteroatoms. The molecule has 0 aliphatic heterocycles. The zero-order valence-corrected chi connectivity index (χ0v) is 11.0. The fourth-order valence-electron chi connectivity index (χ4n) is 1.83. The van der Waals surface area contributed by atoms with Crippen molar-refractivity contribution in [1.82, 2.24) is 0 Å². The van der Waals surface area contributed by atoms with Crippen LogP contribution in [0.15, 0.2) is 24.3 Å². The fourth-order valence-corrected chi connectivity index (χ4v) is 1.83. The molecule has 0 amide bonds. The molecule has 1 rings (SSSR count). The second-order valence-electron chi connectivity index (χ2n) is 4.57. The minimum absolute atomic E-state index is 0.128. The molecule has 0 spiro atoms. The van der Waals surface area contributed by atoms with Gasteiger partial charge in [-0.15, -0.1) is 0 Å². The maximum Gasteiger partial charge on any atom is 0.125 e. The summed E-state index contributed by atoms with van der Waals surface area (Å²) in [6.45, 7) is 7.98. The monoisotopic (exact) mass is 238 g/mol. The van der Waals surface area contributed by atoms with Gasteiger partial charge < -0.3 is 10.6 Å². The molecule has 0 aliphatic carbocycles. The molecule has 0 heterocycles. The van der Waals surface area contributed by atoms with Gasteiger partial charge in [-0.3, -0.25) is 0 Å². The highest BCUT2D eigenvalue weighted by atomic mass is 19.1. The third-order valence-corrected chi connectivity index (χ3v) is 3.36. The summed E-state index contributed by atoms with van der Waals surface area (Å²) in [6.07, 6.45) is 1.07. The van der Waals surface area contributed by atoms with Crippen molar-refractivity contribution < 1.29 is 4.39 Å². The number of nitrogens with two attached hydrogens (primary N) is 1. The average molecular weight is 238 g/mol. The number of likely N-dealkylation sites (N-methyl/N-ethyl adjacent to an activating group) is 1. The Morgan fingerprint density at radius 2 is 2.06 bits per heavy atom. The molecule has 2 unspecified atom stereocenters. The summed E-state index contributed by atoms with van der Waals surface area (Å²) in [6, 6.07) is 6.82. The van der Waals surface area contributed by atoms with Gasteiger partial charge in [-0.05, 0) is 31.0 Å². The molecule has 0 bridgehead atoms. The molecule has 0 saturated heterocycles. The summed E-state index contributed by atoms with van der Waals surface area (Å²) in [5, 5.41) is 0. The second-order valence-corrected chi connectivity index (χ2v) is 4.57. The summed E-state index contributed by atoms with van der Waals surface area (Å²) >= 11 is 0. The van der Waals surface area contributed by atoms with Crippen LogP contribution in [-0.4, -0.2) is 19.1 Å². The van der Waals surface area contributed by atoms with Crippen molar-refractivity contribution >= 4 is 5.69 Å². The largest absolute Gasteiger partial charge is 0.370 e. The predicted molar refractivity (Wildman–Crippen MR) is 71.7 cm³/mol. The molecule has 0 aromatic heterocycles. The minimum Gasteiger partial charge on any atom is -0.370 e. The van der Waals surface area contributed by atoms with Gasteiger partial charge in [0.1, 0.15) is 5.82 Å². The van der Waals surface area contributed by atoms with Gasteiger partial charge in [0, 0.05) is 24.8 Å². The third-order valence-electron chi connectivity index (χ3n) is 3.36. The van der Waals surface area contributed by atoms with Gasteiger partial charge in [0.15, 0.2) is 0 Å². The Bertz CT molecular complexity index is 341. The van der Waals surface area contributed by atoms with E-state index in [1.165, 1.54) is 6.07 Å². The highest BCUT2D eigenvalue weighted by molar-refractivity contribution is 5.46. The van der Waals surface area contributed by atoms with Crippen LogP contribution in [0.3, 0.4) is 0 Å². The van der Waals surface area contributed by atoms with Crippen LogP contribution in [0.1, 0.15) is 27.2 Å². The van der Waals surface area contributed by atoms with Crippen molar-refractivity contribution in [2.24, 2.45) is 11.7 Å². The molecule has 0 aliphatic rings. The first-order valence-corrected chi connectivity index (χ1v) is 6.34. The lowest BCUT2D eigenvalue weighted by atomic mass is 9.99. The normalized spacial score (nSPS) is 14.4. The van der Waals surface area contributed by atoms with Crippen LogP contribution < -0.4 is 10.6 Å². The Morgan fingerprint density at radius 1 is 1.35 bits per heavy atom. The number of benzene rings is 1. The van der Waals surface area contributed by atoms with E-state index in [0.29, 0.717) is 5.92 Å². The summed E-state index contributed by atoms with van der Waals surface area (Å²) in [5.74, 6) is 0.288. The molecule has 2 atom stereocenters. The molecule has 0 fully saturated rings. The van der Waals surface area contributed by atoms with Gasteiger partial charge in [-0.1, -0.05) is 26.3 Å². The van der Waals surface area contributed by atoms with E-state index in [-0.39, 0.29) is 11.9 Å². The first-order chi connectivity index (χ1) is 8.08. The van der Waals surface area contributed by atoms with Crippen molar-refractivity contribution in [2.75, 3.05) is 18.0 Å². The predicted octanol–water partition coefficient (Wildman–Crippen LogP) is 3.03. The van der Waals surface area contributed by atoms with E-state index in [1.807, 2.05) is 6.07 Å². The van der Waals surface area contributed by atoms with E-state index >= 15 is 0 Å². The maximum absolute atomic E-state index is 13.2. The van der Waals surface area contributed by atoms with Crippen LogP contribution in [0, 0.1) is 11.7 Å². The molecular formula is C14H23FN2. The summed E-state index contributed by atoms with van der Waals surface area (Å²) in [4.78, 5) is 2.12. The number of nitrogens with zero attached hydrogens (tertiary/aromatic N) is 1. The van der Waals surface area contributed by atoms with Gasteiger partial charge in [-0.25, -0.2) is 4.39 Å². The molecule has 0 saturated carbocycles. The van der Waals surface area contributed by atoms with Gasteiger partial charge in [0.05, 0.1) is 0 Å². The molecule has 0 radical (unpaired) electrons. The minimum atomic E-state index is -0.196. The van der Waals surface area contributed by atoms with E-state index in [1.54, 1.807) is 12.1 Å². The van der Waals surface area contributed by atoms with E-state index in [0.717, 1.165) is 25.2 Å². The SMILES string of the molecule is CCC(C)C(N)CN(CC)c1cccc(F)c1. The van der Waals surface area contributed by atoms with E-state index in [4.69, 9.17) is 5.73 Å². The van der Waals surface area contributed by atoms with Crippen molar-refractivity contribution in [2.45, 2.75) is 33.2 Å². The Kier molecular flexibility index (Phi) is 5.42. The first kappa shape index (κ1) is 14.0. The van der Waals surface area contributed by atoms with E-state index in [9.17, 15) is 4.39 Å². The highest BCUT2D eigenvalue weighted by Gasteiger charge is 2.15. The molecule has 17 heavy (non-hydrogen) atoms. The summed E-state index contributed by atoms with van der Waals surface area (Å²) in [7, 11) is 0. The average Bonchev–Trinajstić information content (AvgIpc) is 2.34. The van der Waals surface area contributed by atoms with Crippen LogP contribution in [-0.2, 0) is 0 Å². The Morgan fingerprint density at radius 3 is 2.59 bits per heavy atom. The van der Waals surface area contributed by atoms with Crippen LogP contribution in [0.25, 0.3) is 0 Å². The van der Waals surface area contributed by atoms with Crippen molar-refractivity contribution in [3.63, 3.8) is 0 Å². The molecule has 1 aromatic rings. The maximum atomic E-state index is 13.2. The van der Waals surface area contributed by atoms with Crippen molar-refractivity contribution in [1.29, 1.82) is 0 Å². The van der Waals surface area contributed by atoms with Crippen molar-refractivity contribution in [3.8, 4) is 0 Å². The number of hydrogen-bond donors (Lipinski definition) is 1. The van der Waals surface area contributed by atoms with Crippen LogP contribution in [0.4, 0.5) is 10.1 Å². The van der Waals surface area contributed by atoms with E-state index < -0.39 is 0 Å². The number of halogens is 1. The van der Waals surface area contributed by atoms with Crippen molar-refractivity contribution in [3.05, 3.63) is 30.1 Å². The third kappa shape index (κ3) is 4.00. The lowest BCUT2D eigenvalue weighted by Gasteiger charge is -2.29. The lowest BCUT2D eigenvalue weighted by molar-refractivity contribution is 0.439. The lowest BCUT2D eigenvalue weighted by Crippen LogP contribution is -2.41. The van der Waals surface area contributed by atoms with Gasteiger partial charge >= 0.3 is 0 Å². The molecule has 2 nitrogen and oxygen atoms in total. The van der Waals surface area contributed by atoms with Gasteiger partial charge in [0.2, 0.25) is 0 Å². The summed E-state index contributed by atoms with van der Waals surface area (Å²) in [5.41, 5.74) is 7.05. The van der Waals surface area contributed by atoms with Crippen LogP contribution in [0.5, 0.6) is 0 Å². The molecular weight excluding hydrogens is 215 g/mol. The highest BCUT2D eigenvalue weighted by Crippen LogP contribution is 2.17. The molecule has 2 N–H and O–H groups in total. The van der Waals surface area contributed by atoms with Crippen LogP contribution in [0.2, 0.25) is 0 Å². The Labute approximate surface area is 104 Å². The first-order valence-electron chi connectivity index (χ1n) is 6.34. The second kappa shape index (κ2) is 6.60. The number of hydrogen-bond acceptors (Lipinski definition) is 2. The zero-order chi connectivity index (χ0) is 12.8. The Balaban J connectivity index is 2.72. The topological polar surface area (TPSA) is 29.3 Å². The smallest absolute Gasteiger partial charge is 0.125 e. The molecule has 1 aromatic carbocycles. The quantitative estimate of drug-likeness (QED) is 0.825. The fraction of sp³-hybridized carbons (Fsp3) is 0.571.